The molecule has 2 unspecified atom stereocenters. The molecule has 0 aromatic heterocycles. The highest BCUT2D eigenvalue weighted by atomic mass is 16.4. The van der Waals surface area contributed by atoms with Crippen molar-refractivity contribution in [3.05, 3.63) is 0 Å². The summed E-state index contributed by atoms with van der Waals surface area (Å²) in [5.74, 6) is 0. The molecule has 1 heterocycles. The van der Waals surface area contributed by atoms with E-state index in [-0.39, 0.29) is 6.54 Å². The van der Waals surface area contributed by atoms with Gasteiger partial charge in [-0.25, -0.2) is 4.79 Å². The standard InChI is InChI=1S/C6H12N2O3/c7-4-3-8(6(10)11)2-1-5(4)9/h4-5,9H,1-3,7H2,(H,10,11). The molecule has 1 amide bonds. The maximum atomic E-state index is 10.4. The van der Waals surface area contributed by atoms with E-state index in [2.05, 4.69) is 0 Å². The monoisotopic (exact) mass is 160 g/mol. The van der Waals surface area contributed by atoms with Crippen molar-refractivity contribution < 1.29 is 15.0 Å². The minimum absolute atomic E-state index is 0.233. The molecule has 0 aliphatic carbocycles. The number of aliphatic hydroxyl groups excluding tert-OH is 1. The Labute approximate surface area is 64.4 Å². The average molecular weight is 160 g/mol. The molecular formula is C6H12N2O3. The minimum atomic E-state index is -0.965. The Morgan fingerprint density at radius 2 is 2.27 bits per heavy atom. The van der Waals surface area contributed by atoms with Crippen molar-refractivity contribution in [2.24, 2.45) is 5.73 Å². The molecule has 0 bridgehead atoms. The van der Waals surface area contributed by atoms with Crippen LogP contribution in [0.4, 0.5) is 4.79 Å². The van der Waals surface area contributed by atoms with Crippen LogP contribution >= 0.6 is 0 Å². The Balaban J connectivity index is 2.46. The van der Waals surface area contributed by atoms with Crippen LogP contribution in [0, 0.1) is 0 Å². The van der Waals surface area contributed by atoms with Crippen LogP contribution in [0.15, 0.2) is 0 Å². The number of likely N-dealkylation sites (tertiary alicyclic amines) is 1. The van der Waals surface area contributed by atoms with Gasteiger partial charge in [0, 0.05) is 19.1 Å². The lowest BCUT2D eigenvalue weighted by atomic mass is 10.0. The second-order valence-electron chi connectivity index (χ2n) is 2.75. The molecule has 1 saturated heterocycles. The molecule has 0 spiro atoms. The maximum absolute atomic E-state index is 10.4. The largest absolute Gasteiger partial charge is 0.465 e. The lowest BCUT2D eigenvalue weighted by molar-refractivity contribution is 0.0607. The van der Waals surface area contributed by atoms with Gasteiger partial charge in [0.15, 0.2) is 0 Å². The third kappa shape index (κ3) is 1.81. The van der Waals surface area contributed by atoms with Crippen molar-refractivity contribution >= 4 is 6.09 Å². The normalized spacial score (nSPS) is 32.0. The number of nitrogens with two attached hydrogens (primary N) is 1. The van der Waals surface area contributed by atoms with Crippen molar-refractivity contribution in [1.29, 1.82) is 0 Å². The van der Waals surface area contributed by atoms with E-state index in [0.29, 0.717) is 13.0 Å². The summed E-state index contributed by atoms with van der Waals surface area (Å²) in [6.45, 7) is 0.612. The molecule has 1 aliphatic rings. The Kier molecular flexibility index (Phi) is 2.31. The van der Waals surface area contributed by atoms with Crippen LogP contribution in [0.3, 0.4) is 0 Å². The number of amides is 1. The second-order valence-corrected chi connectivity index (χ2v) is 2.75. The van der Waals surface area contributed by atoms with Gasteiger partial charge in [0.05, 0.1) is 6.10 Å². The summed E-state index contributed by atoms with van der Waals surface area (Å²) in [6.07, 6.45) is -1.08. The summed E-state index contributed by atoms with van der Waals surface area (Å²) in [4.78, 5) is 11.6. The maximum Gasteiger partial charge on any atom is 0.407 e. The van der Waals surface area contributed by atoms with Gasteiger partial charge in [-0.3, -0.25) is 0 Å². The Morgan fingerprint density at radius 3 is 2.73 bits per heavy atom. The van der Waals surface area contributed by atoms with Crippen molar-refractivity contribution in [2.45, 2.75) is 18.6 Å². The zero-order chi connectivity index (χ0) is 8.43. The quantitative estimate of drug-likeness (QED) is 0.426. The smallest absolute Gasteiger partial charge is 0.407 e. The van der Waals surface area contributed by atoms with Gasteiger partial charge in [-0.2, -0.15) is 0 Å². The number of hydrogen-bond donors (Lipinski definition) is 3. The first-order valence-electron chi connectivity index (χ1n) is 3.53. The van der Waals surface area contributed by atoms with E-state index in [1.807, 2.05) is 0 Å². The van der Waals surface area contributed by atoms with Gasteiger partial charge in [0.1, 0.15) is 0 Å². The molecule has 4 N–H and O–H groups in total. The van der Waals surface area contributed by atoms with Crippen LogP contribution in [0.2, 0.25) is 0 Å². The fourth-order valence-corrected chi connectivity index (χ4v) is 1.14. The zero-order valence-electron chi connectivity index (χ0n) is 6.10. The van der Waals surface area contributed by atoms with Crippen molar-refractivity contribution in [3.8, 4) is 0 Å². The molecule has 5 nitrogen and oxygen atoms in total. The van der Waals surface area contributed by atoms with Crippen LogP contribution in [0.25, 0.3) is 0 Å². The first kappa shape index (κ1) is 8.29. The van der Waals surface area contributed by atoms with Crippen molar-refractivity contribution in [1.82, 2.24) is 4.90 Å². The van der Waals surface area contributed by atoms with Crippen LogP contribution < -0.4 is 5.73 Å². The van der Waals surface area contributed by atoms with E-state index in [1.165, 1.54) is 4.90 Å². The van der Waals surface area contributed by atoms with Gasteiger partial charge < -0.3 is 20.8 Å². The number of piperidine rings is 1. The molecule has 5 heteroatoms. The number of carboxylic acid groups (broad SMARTS) is 1. The molecular weight excluding hydrogens is 148 g/mol. The first-order chi connectivity index (χ1) is 5.11. The topological polar surface area (TPSA) is 86.8 Å². The van der Waals surface area contributed by atoms with Gasteiger partial charge in [0.2, 0.25) is 0 Å². The zero-order valence-corrected chi connectivity index (χ0v) is 6.10. The summed E-state index contributed by atoms with van der Waals surface area (Å²) in [7, 11) is 0. The summed E-state index contributed by atoms with van der Waals surface area (Å²) in [5.41, 5.74) is 5.45. The minimum Gasteiger partial charge on any atom is -0.465 e. The number of nitrogens with zero attached hydrogens (tertiary/aromatic N) is 1. The average Bonchev–Trinajstić information content (AvgIpc) is 1.94. The van der Waals surface area contributed by atoms with Gasteiger partial charge in [-0.15, -0.1) is 0 Å². The number of hydrogen-bond acceptors (Lipinski definition) is 3. The fourth-order valence-electron chi connectivity index (χ4n) is 1.14. The van der Waals surface area contributed by atoms with Crippen LogP contribution in [-0.4, -0.2) is 46.4 Å². The first-order valence-corrected chi connectivity index (χ1v) is 3.53. The fraction of sp³-hybridized carbons (Fsp3) is 0.833. The van der Waals surface area contributed by atoms with Gasteiger partial charge in [-0.05, 0) is 6.42 Å². The molecule has 2 atom stereocenters. The summed E-state index contributed by atoms with van der Waals surface area (Å²) in [6, 6.07) is -0.431. The third-order valence-electron chi connectivity index (χ3n) is 1.89. The van der Waals surface area contributed by atoms with Crippen LogP contribution in [0.5, 0.6) is 0 Å². The number of aliphatic hydroxyl groups is 1. The van der Waals surface area contributed by atoms with Crippen LogP contribution in [-0.2, 0) is 0 Å². The highest BCUT2D eigenvalue weighted by Crippen LogP contribution is 2.08. The lowest BCUT2D eigenvalue weighted by Crippen LogP contribution is -2.52. The van der Waals surface area contributed by atoms with E-state index in [1.54, 1.807) is 0 Å². The molecule has 0 saturated carbocycles. The van der Waals surface area contributed by atoms with Crippen molar-refractivity contribution in [2.75, 3.05) is 13.1 Å². The van der Waals surface area contributed by atoms with E-state index in [0.717, 1.165) is 0 Å². The van der Waals surface area contributed by atoms with Crippen molar-refractivity contribution in [3.63, 3.8) is 0 Å². The highest BCUT2D eigenvalue weighted by molar-refractivity contribution is 5.65. The molecule has 1 fully saturated rings. The molecule has 0 aromatic rings. The van der Waals surface area contributed by atoms with Gasteiger partial charge in [0.25, 0.3) is 0 Å². The van der Waals surface area contributed by atoms with E-state index in [4.69, 9.17) is 15.9 Å². The highest BCUT2D eigenvalue weighted by Gasteiger charge is 2.26. The van der Waals surface area contributed by atoms with E-state index >= 15 is 0 Å². The lowest BCUT2D eigenvalue weighted by Gasteiger charge is -2.32. The summed E-state index contributed by atoms with van der Waals surface area (Å²) >= 11 is 0. The molecule has 1 rings (SSSR count). The SMILES string of the molecule is NC1CN(C(=O)O)CCC1O. The summed E-state index contributed by atoms with van der Waals surface area (Å²) in [5, 5.41) is 17.7. The Hall–Kier alpha value is -0.810. The molecule has 64 valence electrons. The molecule has 11 heavy (non-hydrogen) atoms. The molecule has 0 radical (unpaired) electrons. The predicted molar refractivity (Wildman–Crippen MR) is 38.2 cm³/mol. The number of carbonyl (C=O) groups is 1. The third-order valence-corrected chi connectivity index (χ3v) is 1.89. The van der Waals surface area contributed by atoms with E-state index in [9.17, 15) is 4.79 Å². The Morgan fingerprint density at radius 1 is 1.64 bits per heavy atom. The predicted octanol–water partition coefficient (Wildman–Crippen LogP) is -0.942. The van der Waals surface area contributed by atoms with Gasteiger partial charge >= 0.3 is 6.09 Å². The molecule has 0 aromatic carbocycles. The Bertz CT molecular complexity index is 162. The van der Waals surface area contributed by atoms with Gasteiger partial charge in [-0.1, -0.05) is 0 Å². The molecule has 1 aliphatic heterocycles. The number of rotatable bonds is 0. The van der Waals surface area contributed by atoms with Crippen LogP contribution in [0.1, 0.15) is 6.42 Å². The second kappa shape index (κ2) is 3.06. The van der Waals surface area contributed by atoms with E-state index < -0.39 is 18.2 Å². The summed E-state index contributed by atoms with van der Waals surface area (Å²) < 4.78 is 0.